The van der Waals surface area contributed by atoms with E-state index in [0.29, 0.717) is 13.0 Å². The van der Waals surface area contributed by atoms with Crippen molar-refractivity contribution in [3.05, 3.63) is 65.0 Å². The minimum Gasteiger partial charge on any atom is -0.292 e. The molecule has 0 unspecified atom stereocenters. The third-order valence-corrected chi connectivity index (χ3v) is 3.71. The Bertz CT molecular complexity index is 602. The maximum absolute atomic E-state index is 12.3. The quantitative estimate of drug-likeness (QED) is 0.754. The van der Waals surface area contributed by atoms with Gasteiger partial charge in [0.15, 0.2) is 12.4 Å². The van der Waals surface area contributed by atoms with Crippen LogP contribution < -0.4 is 4.57 Å². The molecule has 0 saturated carbocycles. The number of nitrogens with zero attached hydrogens (tertiary/aromatic N) is 1. The summed E-state index contributed by atoms with van der Waals surface area (Å²) in [7, 11) is 0. The van der Waals surface area contributed by atoms with Crippen LogP contribution in [0.2, 0.25) is 0 Å². The normalized spacial score (nSPS) is 10.0. The molecule has 1 aromatic carbocycles. The molecule has 2 nitrogen and oxygen atoms in total. The van der Waals surface area contributed by atoms with Crippen molar-refractivity contribution in [1.29, 1.82) is 0 Å². The smallest absolute Gasteiger partial charge is 0.206 e. The van der Waals surface area contributed by atoms with Crippen LogP contribution in [0.25, 0.3) is 0 Å². The minimum absolute atomic E-state index is 0. The Labute approximate surface area is 152 Å². The van der Waals surface area contributed by atoms with E-state index in [1.54, 1.807) is 0 Å². The van der Waals surface area contributed by atoms with Crippen LogP contribution in [0, 0.1) is 13.8 Å². The maximum atomic E-state index is 12.3. The van der Waals surface area contributed by atoms with Crippen LogP contribution in [0.5, 0.6) is 0 Å². The van der Waals surface area contributed by atoms with E-state index in [9.17, 15) is 4.79 Å². The molecule has 0 amide bonds. The predicted molar refractivity (Wildman–Crippen MR) is 80.6 cm³/mol. The van der Waals surface area contributed by atoms with Crippen molar-refractivity contribution in [2.75, 3.05) is 0 Å². The molecule has 1 heterocycles. The summed E-state index contributed by atoms with van der Waals surface area (Å²) in [5.74, 6) is 0.251. The Hall–Kier alpha value is -0.856. The predicted octanol–water partition coefficient (Wildman–Crippen LogP) is 2.96. The van der Waals surface area contributed by atoms with Gasteiger partial charge in [-0.3, -0.25) is 4.79 Å². The molecule has 0 aliphatic heterocycles. The molecule has 0 aliphatic carbocycles. The summed E-state index contributed by atoms with van der Waals surface area (Å²) in [6.45, 7) is 6.71. The van der Waals surface area contributed by atoms with Crippen LogP contribution in [-0.2, 0) is 56.9 Å². The van der Waals surface area contributed by atoms with Crippen LogP contribution in [0.1, 0.15) is 29.2 Å². The van der Waals surface area contributed by atoms with Gasteiger partial charge in [-0.2, -0.15) is 4.57 Å². The first-order chi connectivity index (χ1) is 9.60. The van der Waals surface area contributed by atoms with E-state index in [2.05, 4.69) is 45.2 Å². The fourth-order valence-electron chi connectivity index (χ4n) is 2.47. The Morgan fingerprint density at radius 1 is 1.10 bits per heavy atom. The molecule has 0 fully saturated rings. The fraction of sp³-hybridized carbons (Fsp3) is 0.333. The Balaban J connectivity index is 0.00000220. The summed E-state index contributed by atoms with van der Waals surface area (Å²) in [6, 6.07) is 10.3. The van der Waals surface area contributed by atoms with E-state index in [1.807, 2.05) is 22.9 Å². The molecule has 0 bridgehead atoms. The number of carbonyl (C=O) groups is 1. The van der Waals surface area contributed by atoms with Crippen molar-refractivity contribution in [2.45, 2.75) is 40.2 Å². The largest absolute Gasteiger partial charge is 0.292 e. The number of hydrogen-bond donors (Lipinski definition) is 0. The number of ketones is 1. The summed E-state index contributed by atoms with van der Waals surface area (Å²) < 4.78 is 1.98. The molecule has 1 radical (unpaired) electrons. The molecule has 0 aliphatic rings. The molecule has 0 atom stereocenters. The molecular formula is C18H22NOY+. The monoisotopic (exact) mass is 357 g/mol. The fourth-order valence-corrected chi connectivity index (χ4v) is 2.47. The first kappa shape index (κ1) is 18.2. The van der Waals surface area contributed by atoms with E-state index in [1.165, 1.54) is 22.3 Å². The molecule has 2 aromatic rings. The van der Waals surface area contributed by atoms with Gasteiger partial charge < -0.3 is 0 Å². The molecule has 3 heteroatoms. The first-order valence-electron chi connectivity index (χ1n) is 7.15. The van der Waals surface area contributed by atoms with Crippen molar-refractivity contribution < 1.29 is 42.1 Å². The number of benzene rings is 1. The van der Waals surface area contributed by atoms with Gasteiger partial charge in [0.1, 0.15) is 0 Å². The average molecular weight is 357 g/mol. The second kappa shape index (κ2) is 8.55. The van der Waals surface area contributed by atoms with Crippen molar-refractivity contribution in [2.24, 2.45) is 0 Å². The van der Waals surface area contributed by atoms with Crippen molar-refractivity contribution in [3.63, 3.8) is 0 Å². The first-order valence-corrected chi connectivity index (χ1v) is 7.15. The van der Waals surface area contributed by atoms with Gasteiger partial charge >= 0.3 is 0 Å². The number of rotatable bonds is 5. The number of Topliss-reactive ketones (excluding diaryl/α,β-unsaturated/α-hetero) is 1. The van der Waals surface area contributed by atoms with E-state index < -0.39 is 0 Å². The van der Waals surface area contributed by atoms with Gasteiger partial charge in [0.2, 0.25) is 12.3 Å². The van der Waals surface area contributed by atoms with Gasteiger partial charge in [-0.15, -0.1) is 0 Å². The summed E-state index contributed by atoms with van der Waals surface area (Å²) in [4.78, 5) is 12.3. The van der Waals surface area contributed by atoms with Crippen LogP contribution in [0.4, 0.5) is 0 Å². The number of carbonyl (C=O) groups excluding carboxylic acids is 1. The van der Waals surface area contributed by atoms with E-state index >= 15 is 0 Å². The molecule has 0 saturated heterocycles. The Kier molecular flexibility index (Phi) is 7.41. The standard InChI is InChI=1S/C18H22NO.Y/c1-4-16-9-6-10-19(12-16)13-17(20)11-18-14(2)7-5-8-15(18)3;/h5-10,12H,4,11,13H2,1-3H3;/q+1;. The third kappa shape index (κ3) is 5.12. The summed E-state index contributed by atoms with van der Waals surface area (Å²) in [5, 5.41) is 0. The SMILES string of the molecule is CCc1ccc[n+](CC(=O)Cc2c(C)cccc2C)c1.[Y]. The van der Waals surface area contributed by atoms with Crippen molar-refractivity contribution >= 4 is 5.78 Å². The molecule has 21 heavy (non-hydrogen) atoms. The molecule has 0 N–H and O–H groups in total. The van der Waals surface area contributed by atoms with Gasteiger partial charge in [-0.05, 0) is 43.0 Å². The minimum atomic E-state index is 0. The van der Waals surface area contributed by atoms with Crippen LogP contribution in [0.3, 0.4) is 0 Å². The van der Waals surface area contributed by atoms with Gasteiger partial charge in [0.25, 0.3) is 0 Å². The number of aromatic nitrogens is 1. The van der Waals surface area contributed by atoms with Crippen LogP contribution in [-0.4, -0.2) is 5.78 Å². The summed E-state index contributed by atoms with van der Waals surface area (Å²) in [6.07, 6.45) is 5.53. The topological polar surface area (TPSA) is 20.9 Å². The summed E-state index contributed by atoms with van der Waals surface area (Å²) >= 11 is 0. The van der Waals surface area contributed by atoms with Crippen molar-refractivity contribution in [1.82, 2.24) is 0 Å². The van der Waals surface area contributed by atoms with E-state index in [0.717, 1.165) is 6.42 Å². The molecule has 107 valence electrons. The molecule has 0 spiro atoms. The zero-order chi connectivity index (χ0) is 14.5. The van der Waals surface area contributed by atoms with E-state index in [4.69, 9.17) is 0 Å². The third-order valence-electron chi connectivity index (χ3n) is 3.71. The van der Waals surface area contributed by atoms with Crippen LogP contribution >= 0.6 is 0 Å². The second-order valence-electron chi connectivity index (χ2n) is 5.32. The van der Waals surface area contributed by atoms with Crippen LogP contribution in [0.15, 0.2) is 42.7 Å². The summed E-state index contributed by atoms with van der Waals surface area (Å²) in [5.41, 5.74) is 4.83. The number of hydrogen-bond acceptors (Lipinski definition) is 1. The van der Waals surface area contributed by atoms with Gasteiger partial charge in [-0.1, -0.05) is 25.1 Å². The van der Waals surface area contributed by atoms with Gasteiger partial charge in [0.05, 0.1) is 0 Å². The number of aryl methyl sites for hydroxylation is 3. The van der Waals surface area contributed by atoms with E-state index in [-0.39, 0.29) is 38.5 Å². The van der Waals surface area contributed by atoms with Gasteiger partial charge in [0, 0.05) is 50.8 Å². The Morgan fingerprint density at radius 2 is 1.76 bits per heavy atom. The van der Waals surface area contributed by atoms with Gasteiger partial charge in [-0.25, -0.2) is 0 Å². The molecule has 1 aromatic heterocycles. The molecular weight excluding hydrogens is 335 g/mol. The Morgan fingerprint density at radius 3 is 2.38 bits per heavy atom. The molecule has 2 rings (SSSR count). The number of pyridine rings is 1. The zero-order valence-electron chi connectivity index (χ0n) is 13.1. The zero-order valence-corrected chi connectivity index (χ0v) is 15.9. The average Bonchev–Trinajstić information content (AvgIpc) is 2.43. The maximum Gasteiger partial charge on any atom is 0.206 e. The second-order valence-corrected chi connectivity index (χ2v) is 5.32. The van der Waals surface area contributed by atoms with Crippen molar-refractivity contribution in [3.8, 4) is 0 Å².